The van der Waals surface area contributed by atoms with E-state index in [4.69, 9.17) is 17.3 Å². The van der Waals surface area contributed by atoms with Crippen LogP contribution in [0.1, 0.15) is 0 Å². The van der Waals surface area contributed by atoms with E-state index in [1.54, 1.807) is 0 Å². The third kappa shape index (κ3) is 2.22. The quantitative estimate of drug-likeness (QED) is 0.768. The molecule has 0 saturated carbocycles. The molecule has 5 heteroatoms. The van der Waals surface area contributed by atoms with Gasteiger partial charge in [0, 0.05) is 28.4 Å². The molecule has 0 spiro atoms. The maximum atomic E-state index is 13.5. The molecule has 2 aromatic rings. The summed E-state index contributed by atoms with van der Waals surface area (Å²) in [5.41, 5.74) is 5.50. The van der Waals surface area contributed by atoms with Crippen LogP contribution in [0.4, 0.5) is 18.9 Å². The Morgan fingerprint density at radius 1 is 0.941 bits per heavy atom. The molecular formula is C12H7ClF3N. The summed E-state index contributed by atoms with van der Waals surface area (Å²) in [4.78, 5) is 0. The van der Waals surface area contributed by atoms with Gasteiger partial charge in [0.05, 0.1) is 5.56 Å². The molecule has 2 rings (SSSR count). The summed E-state index contributed by atoms with van der Waals surface area (Å²) in [6.45, 7) is 0. The lowest BCUT2D eigenvalue weighted by Crippen LogP contribution is -1.96. The lowest BCUT2D eigenvalue weighted by atomic mass is 10.0. The van der Waals surface area contributed by atoms with Gasteiger partial charge in [0.2, 0.25) is 0 Å². The number of nitrogens with two attached hydrogens (primary N) is 1. The smallest absolute Gasteiger partial charge is 0.136 e. The standard InChI is InChI=1S/C12H7ClF3N/c13-6-1-2-11(17)8(3-6)12-9(15)4-7(14)5-10(12)16/h1-5H,17H2. The van der Waals surface area contributed by atoms with E-state index in [-0.39, 0.29) is 21.8 Å². The molecule has 0 atom stereocenters. The number of benzene rings is 2. The van der Waals surface area contributed by atoms with Crippen molar-refractivity contribution in [3.05, 3.63) is 52.8 Å². The van der Waals surface area contributed by atoms with E-state index in [0.29, 0.717) is 12.1 Å². The van der Waals surface area contributed by atoms with E-state index in [1.165, 1.54) is 18.2 Å². The summed E-state index contributed by atoms with van der Waals surface area (Å²) < 4.78 is 39.8. The summed E-state index contributed by atoms with van der Waals surface area (Å²) in [6, 6.07) is 5.45. The van der Waals surface area contributed by atoms with Gasteiger partial charge in [-0.3, -0.25) is 0 Å². The van der Waals surface area contributed by atoms with Crippen molar-refractivity contribution in [3.8, 4) is 11.1 Å². The largest absolute Gasteiger partial charge is 0.398 e. The first-order chi connectivity index (χ1) is 7.99. The van der Waals surface area contributed by atoms with Gasteiger partial charge in [-0.25, -0.2) is 13.2 Å². The van der Waals surface area contributed by atoms with Crippen LogP contribution in [-0.4, -0.2) is 0 Å². The maximum absolute atomic E-state index is 13.5. The zero-order valence-electron chi connectivity index (χ0n) is 8.48. The van der Waals surface area contributed by atoms with Crippen molar-refractivity contribution in [1.82, 2.24) is 0 Å². The average Bonchev–Trinajstić information content (AvgIpc) is 2.21. The fraction of sp³-hybridized carbons (Fsp3) is 0. The molecular weight excluding hydrogens is 251 g/mol. The van der Waals surface area contributed by atoms with E-state index in [9.17, 15) is 13.2 Å². The highest BCUT2D eigenvalue weighted by Gasteiger charge is 2.16. The lowest BCUT2D eigenvalue weighted by molar-refractivity contribution is 0.548. The van der Waals surface area contributed by atoms with E-state index < -0.39 is 17.5 Å². The van der Waals surface area contributed by atoms with Gasteiger partial charge in [-0.05, 0) is 18.2 Å². The molecule has 0 aliphatic rings. The average molecular weight is 258 g/mol. The van der Waals surface area contributed by atoms with Crippen LogP contribution in [0.2, 0.25) is 5.02 Å². The Labute approximate surface area is 101 Å². The van der Waals surface area contributed by atoms with Crippen LogP contribution >= 0.6 is 11.6 Å². The third-order valence-electron chi connectivity index (χ3n) is 2.29. The van der Waals surface area contributed by atoms with Crippen LogP contribution in [0, 0.1) is 17.5 Å². The summed E-state index contributed by atoms with van der Waals surface area (Å²) in [5.74, 6) is -3.02. The molecule has 2 aromatic carbocycles. The van der Waals surface area contributed by atoms with E-state index in [0.717, 1.165) is 0 Å². The zero-order valence-corrected chi connectivity index (χ0v) is 9.23. The number of hydrogen-bond acceptors (Lipinski definition) is 1. The van der Waals surface area contributed by atoms with E-state index in [1.807, 2.05) is 0 Å². The monoisotopic (exact) mass is 257 g/mol. The molecule has 0 amide bonds. The summed E-state index contributed by atoms with van der Waals surface area (Å²) >= 11 is 5.73. The first kappa shape index (κ1) is 11.8. The molecule has 0 fully saturated rings. The predicted octanol–water partition coefficient (Wildman–Crippen LogP) is 4.01. The van der Waals surface area contributed by atoms with Gasteiger partial charge in [-0.15, -0.1) is 0 Å². The number of anilines is 1. The Morgan fingerprint density at radius 3 is 2.12 bits per heavy atom. The minimum atomic E-state index is -1.02. The SMILES string of the molecule is Nc1ccc(Cl)cc1-c1c(F)cc(F)cc1F. The first-order valence-electron chi connectivity index (χ1n) is 4.69. The van der Waals surface area contributed by atoms with Crippen LogP contribution in [-0.2, 0) is 0 Å². The van der Waals surface area contributed by atoms with Crippen LogP contribution in [0.3, 0.4) is 0 Å². The van der Waals surface area contributed by atoms with Crippen LogP contribution in [0.25, 0.3) is 11.1 Å². The minimum Gasteiger partial charge on any atom is -0.398 e. The lowest BCUT2D eigenvalue weighted by Gasteiger charge is -2.09. The third-order valence-corrected chi connectivity index (χ3v) is 2.53. The van der Waals surface area contributed by atoms with Gasteiger partial charge in [-0.1, -0.05) is 11.6 Å². The molecule has 0 aliphatic heterocycles. The second kappa shape index (κ2) is 4.30. The second-order valence-electron chi connectivity index (χ2n) is 3.48. The summed E-state index contributed by atoms with van der Waals surface area (Å²) in [7, 11) is 0. The Bertz CT molecular complexity index is 561. The maximum Gasteiger partial charge on any atom is 0.136 e. The molecule has 0 heterocycles. The predicted molar refractivity (Wildman–Crippen MR) is 61.2 cm³/mol. The Hall–Kier alpha value is -1.68. The van der Waals surface area contributed by atoms with Crippen molar-refractivity contribution in [3.63, 3.8) is 0 Å². The molecule has 17 heavy (non-hydrogen) atoms. The van der Waals surface area contributed by atoms with Crippen molar-refractivity contribution in [2.24, 2.45) is 0 Å². The van der Waals surface area contributed by atoms with E-state index >= 15 is 0 Å². The second-order valence-corrected chi connectivity index (χ2v) is 3.91. The normalized spacial score (nSPS) is 10.6. The molecule has 0 aromatic heterocycles. The molecule has 0 radical (unpaired) electrons. The first-order valence-corrected chi connectivity index (χ1v) is 5.07. The topological polar surface area (TPSA) is 26.0 Å². The van der Waals surface area contributed by atoms with Gasteiger partial charge < -0.3 is 5.73 Å². The number of hydrogen-bond donors (Lipinski definition) is 1. The number of halogens is 4. The Morgan fingerprint density at radius 2 is 1.53 bits per heavy atom. The van der Waals surface area contributed by atoms with Crippen molar-refractivity contribution in [1.29, 1.82) is 0 Å². The summed E-state index contributed by atoms with van der Waals surface area (Å²) in [5, 5.41) is 0.289. The van der Waals surface area contributed by atoms with Crippen molar-refractivity contribution < 1.29 is 13.2 Å². The highest BCUT2D eigenvalue weighted by Crippen LogP contribution is 2.33. The highest BCUT2D eigenvalue weighted by molar-refractivity contribution is 6.31. The van der Waals surface area contributed by atoms with Crippen LogP contribution < -0.4 is 5.73 Å². The van der Waals surface area contributed by atoms with Crippen molar-refractivity contribution in [2.75, 3.05) is 5.73 Å². The van der Waals surface area contributed by atoms with E-state index in [2.05, 4.69) is 0 Å². The number of rotatable bonds is 1. The fourth-order valence-corrected chi connectivity index (χ4v) is 1.72. The molecule has 2 N–H and O–H groups in total. The van der Waals surface area contributed by atoms with Crippen molar-refractivity contribution >= 4 is 17.3 Å². The fourth-order valence-electron chi connectivity index (χ4n) is 1.54. The zero-order chi connectivity index (χ0) is 12.6. The Kier molecular flexibility index (Phi) is 2.98. The molecule has 0 aliphatic carbocycles. The molecule has 0 unspecified atom stereocenters. The van der Waals surface area contributed by atoms with Crippen LogP contribution in [0.15, 0.2) is 30.3 Å². The minimum absolute atomic E-state index is 0.104. The van der Waals surface area contributed by atoms with Gasteiger partial charge in [0.25, 0.3) is 0 Å². The molecule has 0 saturated heterocycles. The molecule has 88 valence electrons. The van der Waals surface area contributed by atoms with Gasteiger partial charge in [0.1, 0.15) is 17.5 Å². The van der Waals surface area contributed by atoms with Crippen LogP contribution in [0.5, 0.6) is 0 Å². The highest BCUT2D eigenvalue weighted by atomic mass is 35.5. The summed E-state index contributed by atoms with van der Waals surface area (Å²) in [6.07, 6.45) is 0. The molecule has 1 nitrogen and oxygen atoms in total. The van der Waals surface area contributed by atoms with Crippen molar-refractivity contribution in [2.45, 2.75) is 0 Å². The molecule has 0 bridgehead atoms. The van der Waals surface area contributed by atoms with Gasteiger partial charge in [-0.2, -0.15) is 0 Å². The number of nitrogen functional groups attached to an aromatic ring is 1. The Balaban J connectivity index is 2.72. The van der Waals surface area contributed by atoms with Gasteiger partial charge in [0.15, 0.2) is 0 Å². The van der Waals surface area contributed by atoms with Gasteiger partial charge >= 0.3 is 0 Å².